The topological polar surface area (TPSA) is 89.9 Å². The van der Waals surface area contributed by atoms with Gasteiger partial charge in [0.25, 0.3) is 5.91 Å². The monoisotopic (exact) mass is 475 g/mol. The molecule has 32 heavy (non-hydrogen) atoms. The summed E-state index contributed by atoms with van der Waals surface area (Å²) in [5.74, 6) is 0.393. The van der Waals surface area contributed by atoms with Crippen molar-refractivity contribution in [1.82, 2.24) is 8.87 Å². The first-order chi connectivity index (χ1) is 15.4. The summed E-state index contributed by atoms with van der Waals surface area (Å²) in [5, 5.41) is 3.23. The molecule has 1 aliphatic heterocycles. The number of anilines is 1. The molecule has 0 spiro atoms. The molecule has 0 unspecified atom stereocenters. The number of carbonyl (C=O) groups excluding carboxylic acids is 1. The molecule has 0 radical (unpaired) electrons. The first-order valence-electron chi connectivity index (χ1n) is 9.93. The van der Waals surface area contributed by atoms with Crippen LogP contribution in [0.1, 0.15) is 10.5 Å². The normalized spacial score (nSPS) is 14.8. The standard InChI is InChI=1S/C22H22ClN3O5S/c1-25-15-16(32(28,29)26-10-12-30-13-11-26)14-19(25)22(27)24-18-7-3-5-9-21(18)31-20-8-4-2-6-17(20)23/h2-9,14-15H,10-13H2,1H3,(H,24,27). The second-order valence-corrected chi connectivity index (χ2v) is 9.52. The molecule has 1 amide bonds. The van der Waals surface area contributed by atoms with Crippen LogP contribution in [-0.2, 0) is 21.8 Å². The number of hydrogen-bond acceptors (Lipinski definition) is 5. The number of aryl methyl sites for hydroxylation is 1. The highest BCUT2D eigenvalue weighted by Crippen LogP contribution is 2.33. The Morgan fingerprint density at radius 3 is 2.44 bits per heavy atom. The molecule has 2 aromatic carbocycles. The van der Waals surface area contributed by atoms with E-state index in [4.69, 9.17) is 21.1 Å². The summed E-state index contributed by atoms with van der Waals surface area (Å²) in [6.07, 6.45) is 1.44. The van der Waals surface area contributed by atoms with E-state index >= 15 is 0 Å². The minimum absolute atomic E-state index is 0.0626. The van der Waals surface area contributed by atoms with Crippen molar-refractivity contribution >= 4 is 33.2 Å². The Kier molecular flexibility index (Phi) is 6.52. The Morgan fingerprint density at radius 1 is 1.06 bits per heavy atom. The van der Waals surface area contributed by atoms with Crippen molar-refractivity contribution in [2.24, 2.45) is 7.05 Å². The number of hydrogen-bond donors (Lipinski definition) is 1. The van der Waals surface area contributed by atoms with Crippen molar-refractivity contribution in [3.05, 3.63) is 71.5 Å². The van der Waals surface area contributed by atoms with Gasteiger partial charge in [0.2, 0.25) is 10.0 Å². The van der Waals surface area contributed by atoms with Crippen LogP contribution in [0.4, 0.5) is 5.69 Å². The third kappa shape index (κ3) is 4.66. The number of rotatable bonds is 6. The SMILES string of the molecule is Cn1cc(S(=O)(=O)N2CCOCC2)cc1C(=O)Nc1ccccc1Oc1ccccc1Cl. The summed E-state index contributed by atoms with van der Waals surface area (Å²) in [6.45, 7) is 1.26. The fraction of sp³-hybridized carbons (Fsp3) is 0.227. The summed E-state index contributed by atoms with van der Waals surface area (Å²) in [6, 6.07) is 15.3. The highest BCUT2D eigenvalue weighted by molar-refractivity contribution is 7.89. The van der Waals surface area contributed by atoms with Crippen molar-refractivity contribution in [2.75, 3.05) is 31.6 Å². The third-order valence-electron chi connectivity index (χ3n) is 5.01. The van der Waals surface area contributed by atoms with Crippen molar-refractivity contribution in [2.45, 2.75) is 4.90 Å². The van der Waals surface area contributed by atoms with E-state index in [-0.39, 0.29) is 23.7 Å². The lowest BCUT2D eigenvalue weighted by atomic mass is 10.2. The van der Waals surface area contributed by atoms with Crippen LogP contribution >= 0.6 is 11.6 Å². The molecule has 0 bridgehead atoms. The van der Waals surface area contributed by atoms with Crippen molar-refractivity contribution in [3.8, 4) is 11.5 Å². The lowest BCUT2D eigenvalue weighted by Gasteiger charge is -2.25. The minimum atomic E-state index is -3.71. The number of sulfonamides is 1. The number of aromatic nitrogens is 1. The fourth-order valence-corrected chi connectivity index (χ4v) is 4.98. The smallest absolute Gasteiger partial charge is 0.272 e. The van der Waals surface area contributed by atoms with Gasteiger partial charge in [-0.25, -0.2) is 8.42 Å². The van der Waals surface area contributed by atoms with E-state index in [9.17, 15) is 13.2 Å². The second kappa shape index (κ2) is 9.33. The Bertz CT molecular complexity index is 1240. The van der Waals surface area contributed by atoms with Gasteiger partial charge in [-0.15, -0.1) is 0 Å². The number of benzene rings is 2. The average Bonchev–Trinajstić information content (AvgIpc) is 3.20. The van der Waals surface area contributed by atoms with Crippen LogP contribution in [0.3, 0.4) is 0 Å². The molecule has 168 valence electrons. The molecule has 0 saturated carbocycles. The van der Waals surface area contributed by atoms with E-state index in [0.717, 1.165) is 0 Å². The van der Waals surface area contributed by atoms with Gasteiger partial charge in [0.15, 0.2) is 5.75 Å². The predicted molar refractivity (Wildman–Crippen MR) is 121 cm³/mol. The first-order valence-corrected chi connectivity index (χ1v) is 11.7. The molecule has 8 nitrogen and oxygen atoms in total. The summed E-state index contributed by atoms with van der Waals surface area (Å²) < 4.78 is 39.8. The number of carbonyl (C=O) groups is 1. The molecule has 3 aromatic rings. The van der Waals surface area contributed by atoms with E-state index in [2.05, 4.69) is 5.32 Å². The number of nitrogens with one attached hydrogen (secondary N) is 1. The zero-order chi connectivity index (χ0) is 22.7. The van der Waals surface area contributed by atoms with E-state index in [0.29, 0.717) is 35.4 Å². The van der Waals surface area contributed by atoms with E-state index in [1.165, 1.54) is 21.1 Å². The lowest BCUT2D eigenvalue weighted by Crippen LogP contribution is -2.40. The Hall–Kier alpha value is -2.85. The maximum absolute atomic E-state index is 13.0. The van der Waals surface area contributed by atoms with Crippen molar-refractivity contribution < 1.29 is 22.7 Å². The van der Waals surface area contributed by atoms with Crippen LogP contribution in [0.25, 0.3) is 0 Å². The summed E-state index contributed by atoms with van der Waals surface area (Å²) in [4.78, 5) is 13.0. The number of para-hydroxylation sites is 3. The molecule has 1 aromatic heterocycles. The van der Waals surface area contributed by atoms with Gasteiger partial charge < -0.3 is 19.4 Å². The van der Waals surface area contributed by atoms with Crippen LogP contribution in [0.2, 0.25) is 5.02 Å². The zero-order valence-electron chi connectivity index (χ0n) is 17.3. The Balaban J connectivity index is 1.56. The van der Waals surface area contributed by atoms with Gasteiger partial charge >= 0.3 is 0 Å². The molecule has 2 heterocycles. The largest absolute Gasteiger partial charge is 0.454 e. The van der Waals surface area contributed by atoms with Gasteiger partial charge in [0.1, 0.15) is 16.3 Å². The minimum Gasteiger partial charge on any atom is -0.454 e. The summed E-state index contributed by atoms with van der Waals surface area (Å²) >= 11 is 6.17. The Morgan fingerprint density at radius 2 is 1.72 bits per heavy atom. The number of nitrogens with zero attached hydrogens (tertiary/aromatic N) is 2. The van der Waals surface area contributed by atoms with E-state index in [1.54, 1.807) is 55.6 Å². The van der Waals surface area contributed by atoms with E-state index < -0.39 is 15.9 Å². The molecule has 4 rings (SSSR count). The van der Waals surface area contributed by atoms with Gasteiger partial charge in [0, 0.05) is 26.3 Å². The summed E-state index contributed by atoms with van der Waals surface area (Å²) in [5.41, 5.74) is 0.626. The molecule has 1 aliphatic rings. The zero-order valence-corrected chi connectivity index (χ0v) is 18.9. The van der Waals surface area contributed by atoms with Crippen LogP contribution < -0.4 is 10.1 Å². The third-order valence-corrected chi connectivity index (χ3v) is 7.19. The molecule has 1 N–H and O–H groups in total. The van der Waals surface area contributed by atoms with Crippen LogP contribution in [0.5, 0.6) is 11.5 Å². The molecule has 1 saturated heterocycles. The summed E-state index contributed by atoms with van der Waals surface area (Å²) in [7, 11) is -2.09. The van der Waals surface area contributed by atoms with Crippen LogP contribution in [0.15, 0.2) is 65.7 Å². The molecule has 1 fully saturated rings. The maximum atomic E-state index is 13.0. The van der Waals surface area contributed by atoms with Gasteiger partial charge in [-0.2, -0.15) is 4.31 Å². The average molecular weight is 476 g/mol. The molecule has 10 heteroatoms. The van der Waals surface area contributed by atoms with Crippen molar-refractivity contribution in [3.63, 3.8) is 0 Å². The Labute approximate surface area is 191 Å². The van der Waals surface area contributed by atoms with Gasteiger partial charge in [-0.1, -0.05) is 35.9 Å². The number of morpholine rings is 1. The number of amides is 1. The number of ether oxygens (including phenoxy) is 2. The predicted octanol–water partition coefficient (Wildman–Crippen LogP) is 3.74. The lowest BCUT2D eigenvalue weighted by molar-refractivity contribution is 0.0730. The highest BCUT2D eigenvalue weighted by Gasteiger charge is 2.29. The first kappa shape index (κ1) is 22.3. The second-order valence-electron chi connectivity index (χ2n) is 7.17. The van der Waals surface area contributed by atoms with Crippen LogP contribution in [0, 0.1) is 0 Å². The number of halogens is 1. The molecular weight excluding hydrogens is 454 g/mol. The quantitative estimate of drug-likeness (QED) is 0.586. The fourth-order valence-electron chi connectivity index (χ4n) is 3.33. The van der Waals surface area contributed by atoms with Gasteiger partial charge in [0.05, 0.1) is 23.9 Å². The van der Waals surface area contributed by atoms with Crippen molar-refractivity contribution in [1.29, 1.82) is 0 Å². The highest BCUT2D eigenvalue weighted by atomic mass is 35.5. The molecule has 0 atom stereocenters. The maximum Gasteiger partial charge on any atom is 0.272 e. The van der Waals surface area contributed by atoms with Gasteiger partial charge in [-0.3, -0.25) is 4.79 Å². The molecular formula is C22H22ClN3O5S. The van der Waals surface area contributed by atoms with Gasteiger partial charge in [-0.05, 0) is 30.3 Å². The van der Waals surface area contributed by atoms with Crippen LogP contribution in [-0.4, -0.2) is 49.5 Å². The van der Waals surface area contributed by atoms with E-state index in [1.807, 2.05) is 0 Å². The molecule has 0 aliphatic carbocycles.